The largest absolute Gasteiger partial charge is 0.493 e. The summed E-state index contributed by atoms with van der Waals surface area (Å²) in [7, 11) is 7.14. The number of carbonyl (C=O) groups excluding carboxylic acids is 1. The summed E-state index contributed by atoms with van der Waals surface area (Å²) >= 11 is 0. The summed E-state index contributed by atoms with van der Waals surface area (Å²) in [6.07, 6.45) is 0. The van der Waals surface area contributed by atoms with E-state index in [9.17, 15) is 4.79 Å². The average Bonchev–Trinajstić information content (AvgIpc) is 2.81. The van der Waals surface area contributed by atoms with Crippen LogP contribution in [-0.2, 0) is 6.54 Å². The summed E-state index contributed by atoms with van der Waals surface area (Å²) in [5.41, 5.74) is 4.00. The molecule has 0 spiro atoms. The predicted molar refractivity (Wildman–Crippen MR) is 122 cm³/mol. The zero-order valence-electron chi connectivity index (χ0n) is 18.1. The number of nitrogens with zero attached hydrogens (tertiary/aromatic N) is 3. The fourth-order valence-corrected chi connectivity index (χ4v) is 2.89. The maximum atomic E-state index is 12.4. The van der Waals surface area contributed by atoms with Crippen molar-refractivity contribution in [2.75, 3.05) is 33.2 Å². The number of hydrogen-bond donors (Lipinski definition) is 1. The fourth-order valence-electron chi connectivity index (χ4n) is 2.89. The van der Waals surface area contributed by atoms with Gasteiger partial charge in [-0.3, -0.25) is 4.79 Å². The van der Waals surface area contributed by atoms with Gasteiger partial charge in [0.05, 0.1) is 25.6 Å². The molecular formula is C24H26N4O3. The van der Waals surface area contributed by atoms with Crippen molar-refractivity contribution in [2.45, 2.75) is 6.54 Å². The summed E-state index contributed by atoms with van der Waals surface area (Å²) in [6.45, 7) is 0.379. The Bertz CT molecular complexity index is 1050. The molecule has 7 nitrogen and oxygen atoms in total. The SMILES string of the molecule is COc1ccc(CNC(=O)c2ccc(N=Nc3ccc(N(C)C)cc3)cc2)cc1OC. The Balaban J connectivity index is 1.58. The lowest BCUT2D eigenvalue weighted by molar-refractivity contribution is 0.0951. The van der Waals surface area contributed by atoms with Gasteiger partial charge in [-0.15, -0.1) is 0 Å². The van der Waals surface area contributed by atoms with Crippen molar-refractivity contribution < 1.29 is 14.3 Å². The molecule has 0 aliphatic rings. The van der Waals surface area contributed by atoms with Crippen LogP contribution in [0.4, 0.5) is 17.1 Å². The van der Waals surface area contributed by atoms with Gasteiger partial charge in [-0.2, -0.15) is 10.2 Å². The number of ether oxygens (including phenoxy) is 2. The van der Waals surface area contributed by atoms with Gasteiger partial charge < -0.3 is 19.7 Å². The molecular weight excluding hydrogens is 392 g/mol. The van der Waals surface area contributed by atoms with Crippen LogP contribution in [-0.4, -0.2) is 34.2 Å². The van der Waals surface area contributed by atoms with E-state index in [-0.39, 0.29) is 5.91 Å². The second-order valence-corrected chi connectivity index (χ2v) is 7.03. The number of benzene rings is 3. The lowest BCUT2D eigenvalue weighted by Crippen LogP contribution is -2.22. The maximum Gasteiger partial charge on any atom is 0.251 e. The molecule has 1 amide bonds. The predicted octanol–water partition coefficient (Wildman–Crippen LogP) is 5.12. The van der Waals surface area contributed by atoms with Gasteiger partial charge in [0, 0.05) is 31.9 Å². The van der Waals surface area contributed by atoms with Crippen LogP contribution in [0.25, 0.3) is 0 Å². The van der Waals surface area contributed by atoms with E-state index in [1.54, 1.807) is 38.5 Å². The van der Waals surface area contributed by atoms with Gasteiger partial charge in [0.1, 0.15) is 0 Å². The van der Waals surface area contributed by atoms with Crippen molar-refractivity contribution >= 4 is 23.0 Å². The first kappa shape index (κ1) is 21.8. The number of carbonyl (C=O) groups is 1. The highest BCUT2D eigenvalue weighted by Gasteiger charge is 2.08. The molecule has 7 heteroatoms. The Kier molecular flexibility index (Phi) is 7.22. The standard InChI is InChI=1S/C24H26N4O3/c1-28(2)21-12-10-20(11-13-21)27-26-19-8-6-18(7-9-19)24(29)25-16-17-5-14-22(30-3)23(15-17)31-4/h5-15H,16H2,1-4H3,(H,25,29). The number of rotatable bonds is 8. The number of hydrogen-bond acceptors (Lipinski definition) is 6. The molecule has 0 saturated heterocycles. The first-order chi connectivity index (χ1) is 15.0. The Morgan fingerprint density at radius 3 is 1.97 bits per heavy atom. The third-order valence-corrected chi connectivity index (χ3v) is 4.68. The van der Waals surface area contributed by atoms with E-state index < -0.39 is 0 Å². The monoisotopic (exact) mass is 418 g/mol. The fraction of sp³-hybridized carbons (Fsp3) is 0.208. The molecule has 0 bridgehead atoms. The summed E-state index contributed by atoms with van der Waals surface area (Å²) in [4.78, 5) is 14.5. The van der Waals surface area contributed by atoms with Gasteiger partial charge in [0.15, 0.2) is 11.5 Å². The second kappa shape index (κ2) is 10.2. The molecule has 3 aromatic carbocycles. The number of amides is 1. The molecule has 0 radical (unpaired) electrons. The van der Waals surface area contributed by atoms with Crippen molar-refractivity contribution in [1.29, 1.82) is 0 Å². The van der Waals surface area contributed by atoms with Crippen LogP contribution in [0.15, 0.2) is 77.0 Å². The van der Waals surface area contributed by atoms with Crippen LogP contribution in [0.3, 0.4) is 0 Å². The van der Waals surface area contributed by atoms with Gasteiger partial charge in [0.2, 0.25) is 0 Å². The van der Waals surface area contributed by atoms with Crippen molar-refractivity contribution in [3.8, 4) is 11.5 Å². The van der Waals surface area contributed by atoms with Crippen molar-refractivity contribution in [2.24, 2.45) is 10.2 Å². The van der Waals surface area contributed by atoms with Crippen molar-refractivity contribution in [3.63, 3.8) is 0 Å². The number of azo groups is 1. The first-order valence-corrected chi connectivity index (χ1v) is 9.78. The molecule has 31 heavy (non-hydrogen) atoms. The van der Waals surface area contributed by atoms with Crippen LogP contribution in [0.5, 0.6) is 11.5 Å². The zero-order chi connectivity index (χ0) is 22.2. The summed E-state index contributed by atoms with van der Waals surface area (Å²) in [5, 5.41) is 11.4. The van der Waals surface area contributed by atoms with Crippen LogP contribution >= 0.6 is 0 Å². The normalized spacial score (nSPS) is 10.7. The molecule has 3 rings (SSSR count). The molecule has 1 N–H and O–H groups in total. The average molecular weight is 418 g/mol. The molecule has 0 atom stereocenters. The minimum Gasteiger partial charge on any atom is -0.493 e. The maximum absolute atomic E-state index is 12.4. The Morgan fingerprint density at radius 2 is 1.42 bits per heavy atom. The van der Waals surface area contributed by atoms with E-state index in [2.05, 4.69) is 15.5 Å². The molecule has 3 aromatic rings. The molecule has 0 heterocycles. The van der Waals surface area contributed by atoms with Gasteiger partial charge in [-0.05, 0) is 66.2 Å². The van der Waals surface area contributed by atoms with E-state index >= 15 is 0 Å². The topological polar surface area (TPSA) is 75.5 Å². The number of methoxy groups -OCH3 is 2. The molecule has 0 aliphatic carbocycles. The highest BCUT2D eigenvalue weighted by molar-refractivity contribution is 5.94. The Labute approximate surface area is 182 Å². The van der Waals surface area contributed by atoms with Crippen LogP contribution in [0, 0.1) is 0 Å². The summed E-state index contributed by atoms with van der Waals surface area (Å²) in [6, 6.07) is 20.3. The second-order valence-electron chi connectivity index (χ2n) is 7.03. The third kappa shape index (κ3) is 5.82. The summed E-state index contributed by atoms with van der Waals surface area (Å²) in [5.74, 6) is 1.11. The van der Waals surface area contributed by atoms with Crippen LogP contribution in [0.2, 0.25) is 0 Å². The molecule has 0 aromatic heterocycles. The smallest absolute Gasteiger partial charge is 0.251 e. The zero-order valence-corrected chi connectivity index (χ0v) is 18.1. The Hall–Kier alpha value is -3.87. The van der Waals surface area contributed by atoms with Crippen LogP contribution in [0.1, 0.15) is 15.9 Å². The van der Waals surface area contributed by atoms with Gasteiger partial charge >= 0.3 is 0 Å². The first-order valence-electron chi connectivity index (χ1n) is 9.78. The van der Waals surface area contributed by atoms with E-state index in [0.717, 1.165) is 16.9 Å². The van der Waals surface area contributed by atoms with Gasteiger partial charge in [0.25, 0.3) is 5.91 Å². The number of anilines is 1. The Morgan fingerprint density at radius 1 is 0.839 bits per heavy atom. The molecule has 0 saturated carbocycles. The third-order valence-electron chi connectivity index (χ3n) is 4.68. The highest BCUT2D eigenvalue weighted by Crippen LogP contribution is 2.27. The lowest BCUT2D eigenvalue weighted by Gasteiger charge is -2.11. The van der Waals surface area contributed by atoms with Gasteiger partial charge in [-0.25, -0.2) is 0 Å². The van der Waals surface area contributed by atoms with E-state index in [0.29, 0.717) is 29.3 Å². The quantitative estimate of drug-likeness (QED) is 0.516. The highest BCUT2D eigenvalue weighted by atomic mass is 16.5. The molecule has 0 aliphatic heterocycles. The van der Waals surface area contributed by atoms with E-state index in [4.69, 9.17) is 9.47 Å². The van der Waals surface area contributed by atoms with E-state index in [1.165, 1.54) is 0 Å². The minimum absolute atomic E-state index is 0.169. The van der Waals surface area contributed by atoms with E-state index in [1.807, 2.05) is 61.5 Å². The lowest BCUT2D eigenvalue weighted by atomic mass is 10.1. The minimum atomic E-state index is -0.169. The molecule has 0 fully saturated rings. The van der Waals surface area contributed by atoms with Crippen LogP contribution < -0.4 is 19.7 Å². The summed E-state index contributed by atoms with van der Waals surface area (Å²) < 4.78 is 10.5. The van der Waals surface area contributed by atoms with Crippen molar-refractivity contribution in [1.82, 2.24) is 5.32 Å². The van der Waals surface area contributed by atoms with Gasteiger partial charge in [-0.1, -0.05) is 6.07 Å². The number of nitrogens with one attached hydrogen (secondary N) is 1. The van der Waals surface area contributed by atoms with Crippen molar-refractivity contribution in [3.05, 3.63) is 77.9 Å². The molecule has 160 valence electrons. The molecule has 0 unspecified atom stereocenters.